The Morgan fingerprint density at radius 1 is 1.18 bits per heavy atom. The summed E-state index contributed by atoms with van der Waals surface area (Å²) in [5.74, 6) is 0.207. The molecule has 0 aromatic heterocycles. The van der Waals surface area contributed by atoms with Crippen LogP contribution in [-0.2, 0) is 16.1 Å². The first kappa shape index (κ1) is 20.0. The summed E-state index contributed by atoms with van der Waals surface area (Å²) in [6.07, 6.45) is 2.05. The van der Waals surface area contributed by atoms with Crippen molar-refractivity contribution >= 4 is 11.6 Å². The monoisotopic (exact) mass is 384 g/mol. The second-order valence-electron chi connectivity index (χ2n) is 7.23. The maximum atomic E-state index is 12.9. The van der Waals surface area contributed by atoms with E-state index in [1.54, 1.807) is 23.1 Å². The van der Waals surface area contributed by atoms with Crippen molar-refractivity contribution < 1.29 is 19.4 Å². The summed E-state index contributed by atoms with van der Waals surface area (Å²) >= 11 is 0. The summed E-state index contributed by atoms with van der Waals surface area (Å²) in [5.41, 5.74) is 2.17. The molecule has 2 aromatic rings. The van der Waals surface area contributed by atoms with Crippen molar-refractivity contribution in [2.75, 3.05) is 38.8 Å². The number of benzene rings is 2. The number of ether oxygens (including phenoxy) is 2. The molecule has 1 saturated heterocycles. The number of aromatic hydroxyl groups is 1. The maximum Gasteiger partial charge on any atom is 0.260 e. The summed E-state index contributed by atoms with van der Waals surface area (Å²) < 4.78 is 11.3. The number of hydrogen-bond acceptors (Lipinski definition) is 5. The molecule has 1 N–H and O–H groups in total. The molecule has 0 saturated carbocycles. The molecule has 0 bridgehead atoms. The van der Waals surface area contributed by atoms with Crippen molar-refractivity contribution in [1.29, 1.82) is 0 Å². The minimum atomic E-state index is -0.129. The fourth-order valence-electron chi connectivity index (χ4n) is 3.22. The van der Waals surface area contributed by atoms with E-state index in [0.717, 1.165) is 30.7 Å². The standard InChI is InChI=1S/C22H28N2O4/c1-23(2)18-11-9-17(10-12-18)14-24(15-19-6-5-13-27-19)22(26)16-28-21-8-4-3-7-20(21)25/h3-4,7-12,19,25H,5-6,13-16H2,1-2H3. The number of phenols is 1. The predicted octanol–water partition coefficient (Wildman–Crippen LogP) is 3.04. The highest BCUT2D eigenvalue weighted by molar-refractivity contribution is 5.78. The summed E-state index contributed by atoms with van der Waals surface area (Å²) in [7, 11) is 4.00. The van der Waals surface area contributed by atoms with Crippen molar-refractivity contribution in [3.8, 4) is 11.5 Å². The highest BCUT2D eigenvalue weighted by Crippen LogP contribution is 2.24. The average Bonchev–Trinajstić information content (AvgIpc) is 3.20. The Balaban J connectivity index is 1.66. The van der Waals surface area contributed by atoms with Gasteiger partial charge in [0, 0.05) is 39.5 Å². The van der Waals surface area contributed by atoms with Gasteiger partial charge in [0.25, 0.3) is 5.91 Å². The molecule has 0 spiro atoms. The molecule has 1 fully saturated rings. The van der Waals surface area contributed by atoms with Crippen molar-refractivity contribution in [1.82, 2.24) is 4.90 Å². The van der Waals surface area contributed by atoms with E-state index in [9.17, 15) is 9.90 Å². The largest absolute Gasteiger partial charge is 0.504 e. The molecule has 1 heterocycles. The molecule has 0 aliphatic carbocycles. The summed E-state index contributed by atoms with van der Waals surface area (Å²) in [6, 6.07) is 14.8. The fourth-order valence-corrected chi connectivity index (χ4v) is 3.22. The van der Waals surface area contributed by atoms with Crippen LogP contribution in [0, 0.1) is 0 Å². The Hall–Kier alpha value is -2.73. The van der Waals surface area contributed by atoms with Gasteiger partial charge in [-0.15, -0.1) is 0 Å². The van der Waals surface area contributed by atoms with Crippen LogP contribution in [0.3, 0.4) is 0 Å². The number of anilines is 1. The molecule has 28 heavy (non-hydrogen) atoms. The molecule has 1 unspecified atom stereocenters. The lowest BCUT2D eigenvalue weighted by Crippen LogP contribution is -2.39. The molecule has 1 aliphatic heterocycles. The molecular formula is C22H28N2O4. The lowest BCUT2D eigenvalue weighted by Gasteiger charge is -2.26. The van der Waals surface area contributed by atoms with E-state index in [1.165, 1.54) is 6.07 Å². The quantitative estimate of drug-likeness (QED) is 0.758. The van der Waals surface area contributed by atoms with Gasteiger partial charge in [0.05, 0.1) is 6.10 Å². The number of carbonyl (C=O) groups excluding carboxylic acids is 1. The topological polar surface area (TPSA) is 62.2 Å². The summed E-state index contributed by atoms with van der Waals surface area (Å²) in [4.78, 5) is 16.7. The number of rotatable bonds is 8. The molecule has 6 nitrogen and oxygen atoms in total. The summed E-state index contributed by atoms with van der Waals surface area (Å²) in [5, 5.41) is 9.82. The number of phenolic OH excluding ortho intramolecular Hbond substituents is 1. The molecule has 6 heteroatoms. The molecule has 150 valence electrons. The van der Waals surface area contributed by atoms with Gasteiger partial charge in [-0.05, 0) is 42.7 Å². The van der Waals surface area contributed by atoms with Gasteiger partial charge < -0.3 is 24.4 Å². The SMILES string of the molecule is CN(C)c1ccc(CN(CC2CCCO2)C(=O)COc2ccccc2O)cc1. The Bertz CT molecular complexity index is 770. The van der Waals surface area contributed by atoms with Gasteiger partial charge in [-0.2, -0.15) is 0 Å². The normalized spacial score (nSPS) is 16.0. The van der Waals surface area contributed by atoms with E-state index in [1.807, 2.05) is 43.3 Å². The first-order valence-electron chi connectivity index (χ1n) is 9.59. The molecule has 3 rings (SSSR count). The zero-order valence-electron chi connectivity index (χ0n) is 16.5. The van der Waals surface area contributed by atoms with Crippen LogP contribution < -0.4 is 9.64 Å². The van der Waals surface area contributed by atoms with Gasteiger partial charge >= 0.3 is 0 Å². The van der Waals surface area contributed by atoms with Crippen LogP contribution in [0.15, 0.2) is 48.5 Å². The second-order valence-corrected chi connectivity index (χ2v) is 7.23. The van der Waals surface area contributed by atoms with E-state index < -0.39 is 0 Å². The van der Waals surface area contributed by atoms with Crippen LogP contribution in [0.5, 0.6) is 11.5 Å². The first-order chi connectivity index (χ1) is 13.5. The van der Waals surface area contributed by atoms with E-state index in [0.29, 0.717) is 18.8 Å². The number of carbonyl (C=O) groups is 1. The molecule has 1 atom stereocenters. The molecule has 1 amide bonds. The van der Waals surface area contributed by atoms with Crippen LogP contribution in [-0.4, -0.2) is 55.9 Å². The van der Waals surface area contributed by atoms with Crippen LogP contribution in [0.25, 0.3) is 0 Å². The predicted molar refractivity (Wildman–Crippen MR) is 109 cm³/mol. The zero-order chi connectivity index (χ0) is 19.9. The van der Waals surface area contributed by atoms with Gasteiger partial charge in [0.15, 0.2) is 18.1 Å². The van der Waals surface area contributed by atoms with Gasteiger partial charge in [-0.1, -0.05) is 24.3 Å². The molecular weight excluding hydrogens is 356 g/mol. The fraction of sp³-hybridized carbons (Fsp3) is 0.409. The number of nitrogens with zero attached hydrogens (tertiary/aromatic N) is 2. The third kappa shape index (κ3) is 5.39. The Morgan fingerprint density at radius 2 is 1.93 bits per heavy atom. The number of hydrogen-bond donors (Lipinski definition) is 1. The Morgan fingerprint density at radius 3 is 2.57 bits per heavy atom. The smallest absolute Gasteiger partial charge is 0.260 e. The Kier molecular flexibility index (Phi) is 6.76. The minimum absolute atomic E-state index is 0.0280. The second kappa shape index (κ2) is 9.46. The zero-order valence-corrected chi connectivity index (χ0v) is 16.5. The van der Waals surface area contributed by atoms with E-state index in [-0.39, 0.29) is 24.4 Å². The van der Waals surface area contributed by atoms with Crippen molar-refractivity contribution in [3.63, 3.8) is 0 Å². The first-order valence-corrected chi connectivity index (χ1v) is 9.59. The lowest BCUT2D eigenvalue weighted by atomic mass is 10.1. The molecule has 2 aromatic carbocycles. The van der Waals surface area contributed by atoms with Crippen molar-refractivity contribution in [2.24, 2.45) is 0 Å². The third-order valence-corrected chi connectivity index (χ3v) is 4.84. The van der Waals surface area contributed by atoms with Gasteiger partial charge in [-0.3, -0.25) is 4.79 Å². The average molecular weight is 384 g/mol. The highest BCUT2D eigenvalue weighted by atomic mass is 16.5. The number of amides is 1. The molecule has 0 radical (unpaired) electrons. The van der Waals surface area contributed by atoms with Crippen LogP contribution in [0.1, 0.15) is 18.4 Å². The minimum Gasteiger partial charge on any atom is -0.504 e. The van der Waals surface area contributed by atoms with Gasteiger partial charge in [-0.25, -0.2) is 0 Å². The van der Waals surface area contributed by atoms with Crippen molar-refractivity contribution in [2.45, 2.75) is 25.5 Å². The van der Waals surface area contributed by atoms with Crippen LogP contribution in [0.4, 0.5) is 5.69 Å². The van der Waals surface area contributed by atoms with E-state index >= 15 is 0 Å². The summed E-state index contributed by atoms with van der Waals surface area (Å²) in [6.45, 7) is 1.66. The van der Waals surface area contributed by atoms with Gasteiger partial charge in [0.1, 0.15) is 0 Å². The maximum absolute atomic E-state index is 12.9. The van der Waals surface area contributed by atoms with Crippen LogP contribution >= 0.6 is 0 Å². The molecule has 1 aliphatic rings. The van der Waals surface area contributed by atoms with Crippen molar-refractivity contribution in [3.05, 3.63) is 54.1 Å². The third-order valence-electron chi connectivity index (χ3n) is 4.84. The van der Waals surface area contributed by atoms with E-state index in [2.05, 4.69) is 0 Å². The number of para-hydroxylation sites is 2. The highest BCUT2D eigenvalue weighted by Gasteiger charge is 2.23. The lowest BCUT2D eigenvalue weighted by molar-refractivity contribution is -0.135. The Labute approximate surface area is 166 Å². The van der Waals surface area contributed by atoms with Crippen LogP contribution in [0.2, 0.25) is 0 Å². The van der Waals surface area contributed by atoms with Gasteiger partial charge in [0.2, 0.25) is 0 Å². The van der Waals surface area contributed by atoms with E-state index in [4.69, 9.17) is 9.47 Å².